The van der Waals surface area contributed by atoms with Gasteiger partial charge in [0.05, 0.1) is 0 Å². The summed E-state index contributed by atoms with van der Waals surface area (Å²) in [6, 6.07) is 19.3. The van der Waals surface area contributed by atoms with Crippen LogP contribution in [0, 0.1) is 10.8 Å². The summed E-state index contributed by atoms with van der Waals surface area (Å²) in [5.74, 6) is 0.0473. The van der Waals surface area contributed by atoms with Gasteiger partial charge in [-0.1, -0.05) is 49.7 Å². The van der Waals surface area contributed by atoms with E-state index in [1.54, 1.807) is 4.90 Å². The Labute approximate surface area is 160 Å². The number of nitrogens with one attached hydrogen (secondary N) is 3. The largest absolute Gasteiger partial charge is 0.370 e. The van der Waals surface area contributed by atoms with Gasteiger partial charge in [-0.2, -0.15) is 0 Å². The number of rotatable bonds is 5. The zero-order valence-electron chi connectivity index (χ0n) is 15.5. The molecule has 0 saturated heterocycles. The highest BCUT2D eigenvalue weighted by Crippen LogP contribution is 2.23. The fourth-order valence-electron chi connectivity index (χ4n) is 2.12. The third-order valence-electron chi connectivity index (χ3n) is 3.33. The van der Waals surface area contributed by atoms with Gasteiger partial charge >= 0.3 is 0 Å². The Morgan fingerprint density at radius 1 is 0.926 bits per heavy atom. The summed E-state index contributed by atoms with van der Waals surface area (Å²) in [4.78, 5) is 5.61. The van der Waals surface area contributed by atoms with E-state index in [-0.39, 0.29) is 17.9 Å². The number of aliphatic imine (C=N–C) groups is 1. The summed E-state index contributed by atoms with van der Waals surface area (Å²) >= 11 is 0. The van der Waals surface area contributed by atoms with Crippen LogP contribution in [0.5, 0.6) is 0 Å². The van der Waals surface area contributed by atoms with Crippen molar-refractivity contribution in [2.45, 2.75) is 19.8 Å². The van der Waals surface area contributed by atoms with Crippen LogP contribution in [-0.2, 0) is 0 Å². The Morgan fingerprint density at radius 2 is 1.41 bits per heavy atom. The molecular formula is C19H28N8. The lowest BCUT2D eigenvalue weighted by Gasteiger charge is -2.22. The van der Waals surface area contributed by atoms with Crippen LogP contribution < -0.4 is 27.4 Å². The molecule has 0 bridgehead atoms. The lowest BCUT2D eigenvalue weighted by molar-refractivity contribution is 0.804. The second-order valence-corrected chi connectivity index (χ2v) is 5.55. The molecule has 0 aliphatic rings. The molecule has 2 rings (SSSR count). The molecule has 27 heavy (non-hydrogen) atoms. The first kappa shape index (κ1) is 21.5. The lowest BCUT2D eigenvalue weighted by Crippen LogP contribution is -2.40. The van der Waals surface area contributed by atoms with E-state index in [9.17, 15) is 0 Å². The van der Waals surface area contributed by atoms with Gasteiger partial charge in [-0.3, -0.25) is 26.0 Å². The summed E-state index contributed by atoms with van der Waals surface area (Å²) in [6.07, 6.45) is 2.08. The van der Waals surface area contributed by atoms with E-state index in [0.717, 1.165) is 24.2 Å². The molecule has 0 amide bonds. The molecule has 8 nitrogen and oxygen atoms in total. The minimum atomic E-state index is -0.178. The molecule has 0 aliphatic heterocycles. The van der Waals surface area contributed by atoms with Gasteiger partial charge in [0.1, 0.15) is 0 Å². The number of unbranched alkanes of at least 4 members (excludes halogenated alkanes) is 1. The highest BCUT2D eigenvalue weighted by atomic mass is 15.2. The molecule has 0 heterocycles. The molecule has 8 heteroatoms. The Morgan fingerprint density at radius 3 is 1.78 bits per heavy atom. The van der Waals surface area contributed by atoms with Crippen LogP contribution >= 0.6 is 0 Å². The van der Waals surface area contributed by atoms with Crippen molar-refractivity contribution >= 4 is 29.3 Å². The minimum absolute atomic E-state index is 0.0115. The standard InChI is InChI=1S/C13H13N3.C6H15N5/c14-13(15)16(11-7-3-1-4-8-11)12-9-5-2-6-10-12;1-2-3-4-10-6(9)11-5(7)8/h1-10H,(H3,14,15);2-4H2,1H3,(H6,7,8,9,10,11). The molecule has 0 aromatic heterocycles. The SMILES string of the molecule is CCCCN=C(N)NC(=N)N.N=C(N)N(c1ccccc1)c1ccccc1. The fraction of sp³-hybridized carbons (Fsp3) is 0.211. The van der Waals surface area contributed by atoms with Crippen LogP contribution in [0.4, 0.5) is 11.4 Å². The quantitative estimate of drug-likeness (QED) is 0.271. The molecule has 144 valence electrons. The molecule has 0 saturated carbocycles. The van der Waals surface area contributed by atoms with E-state index < -0.39 is 0 Å². The van der Waals surface area contributed by atoms with Crippen LogP contribution in [0.1, 0.15) is 19.8 Å². The molecule has 0 radical (unpaired) electrons. The van der Waals surface area contributed by atoms with Crippen molar-refractivity contribution in [2.75, 3.05) is 11.4 Å². The first-order valence-corrected chi connectivity index (χ1v) is 8.61. The molecule has 0 fully saturated rings. The van der Waals surface area contributed by atoms with E-state index in [0.29, 0.717) is 6.54 Å². The maximum Gasteiger partial charge on any atom is 0.197 e. The van der Waals surface area contributed by atoms with Crippen molar-refractivity contribution in [1.82, 2.24) is 5.32 Å². The van der Waals surface area contributed by atoms with Crippen LogP contribution in [0.25, 0.3) is 0 Å². The zero-order valence-corrected chi connectivity index (χ0v) is 15.5. The van der Waals surface area contributed by atoms with E-state index in [2.05, 4.69) is 17.2 Å². The van der Waals surface area contributed by atoms with Gasteiger partial charge in [-0.25, -0.2) is 0 Å². The Balaban J connectivity index is 0.000000293. The van der Waals surface area contributed by atoms with Crippen LogP contribution in [-0.4, -0.2) is 24.4 Å². The number of hydrogen-bond acceptors (Lipinski definition) is 3. The molecule has 2 aromatic carbocycles. The number of hydrogen-bond donors (Lipinski definition) is 6. The zero-order chi connectivity index (χ0) is 20.1. The molecular weight excluding hydrogens is 340 g/mol. The van der Waals surface area contributed by atoms with Gasteiger partial charge in [0, 0.05) is 17.9 Å². The Bertz CT molecular complexity index is 688. The smallest absolute Gasteiger partial charge is 0.197 e. The number of para-hydroxylation sites is 2. The van der Waals surface area contributed by atoms with E-state index in [1.165, 1.54) is 0 Å². The molecule has 0 spiro atoms. The molecule has 9 N–H and O–H groups in total. The first-order valence-electron chi connectivity index (χ1n) is 8.61. The van der Waals surface area contributed by atoms with Gasteiger partial charge in [0.15, 0.2) is 17.9 Å². The average Bonchev–Trinajstić information content (AvgIpc) is 2.63. The molecule has 2 aromatic rings. The fourth-order valence-corrected chi connectivity index (χ4v) is 2.12. The average molecular weight is 368 g/mol. The number of guanidine groups is 3. The van der Waals surface area contributed by atoms with Crippen molar-refractivity contribution in [3.63, 3.8) is 0 Å². The van der Waals surface area contributed by atoms with Crippen LogP contribution in [0.2, 0.25) is 0 Å². The maximum atomic E-state index is 7.63. The number of benzene rings is 2. The third-order valence-corrected chi connectivity index (χ3v) is 3.33. The van der Waals surface area contributed by atoms with Gasteiger partial charge in [0.2, 0.25) is 0 Å². The summed E-state index contributed by atoms with van der Waals surface area (Å²) in [5, 5.41) is 16.8. The summed E-state index contributed by atoms with van der Waals surface area (Å²) in [5.41, 5.74) is 17.7. The molecule has 0 unspecified atom stereocenters. The predicted molar refractivity (Wildman–Crippen MR) is 113 cm³/mol. The second kappa shape index (κ2) is 11.9. The minimum Gasteiger partial charge on any atom is -0.370 e. The van der Waals surface area contributed by atoms with Crippen LogP contribution in [0.15, 0.2) is 65.7 Å². The van der Waals surface area contributed by atoms with Gasteiger partial charge in [0.25, 0.3) is 0 Å². The highest BCUT2D eigenvalue weighted by Gasteiger charge is 2.10. The third kappa shape index (κ3) is 8.39. The number of nitrogens with two attached hydrogens (primary N) is 3. The van der Waals surface area contributed by atoms with E-state index >= 15 is 0 Å². The van der Waals surface area contributed by atoms with Crippen LogP contribution in [0.3, 0.4) is 0 Å². The van der Waals surface area contributed by atoms with Crippen molar-refractivity contribution < 1.29 is 0 Å². The van der Waals surface area contributed by atoms with Crippen molar-refractivity contribution in [3.05, 3.63) is 60.7 Å². The Kier molecular flexibility index (Phi) is 9.48. The van der Waals surface area contributed by atoms with Gasteiger partial charge in [-0.05, 0) is 30.7 Å². The maximum absolute atomic E-state index is 7.63. The Hall–Kier alpha value is -3.55. The van der Waals surface area contributed by atoms with Gasteiger partial charge in [-0.15, -0.1) is 0 Å². The van der Waals surface area contributed by atoms with E-state index in [4.69, 9.17) is 28.0 Å². The lowest BCUT2D eigenvalue weighted by atomic mass is 10.2. The highest BCUT2D eigenvalue weighted by molar-refractivity contribution is 5.99. The summed E-state index contributed by atoms with van der Waals surface area (Å²) in [7, 11) is 0. The monoisotopic (exact) mass is 368 g/mol. The first-order chi connectivity index (χ1) is 13.0. The van der Waals surface area contributed by atoms with Crippen molar-refractivity contribution in [2.24, 2.45) is 22.2 Å². The van der Waals surface area contributed by atoms with Crippen molar-refractivity contribution in [1.29, 1.82) is 10.8 Å². The molecule has 0 aliphatic carbocycles. The number of nitrogens with zero attached hydrogens (tertiary/aromatic N) is 2. The number of anilines is 2. The van der Waals surface area contributed by atoms with E-state index in [1.807, 2.05) is 60.7 Å². The second-order valence-electron chi connectivity index (χ2n) is 5.55. The summed E-state index contributed by atoms with van der Waals surface area (Å²) < 4.78 is 0. The normalized spacial score (nSPS) is 10.3. The predicted octanol–water partition coefficient (Wildman–Crippen LogP) is 2.30. The molecule has 0 atom stereocenters. The van der Waals surface area contributed by atoms with Gasteiger partial charge < -0.3 is 17.2 Å². The van der Waals surface area contributed by atoms with Crippen molar-refractivity contribution in [3.8, 4) is 0 Å². The topological polar surface area (TPSA) is 153 Å². The summed E-state index contributed by atoms with van der Waals surface area (Å²) in [6.45, 7) is 2.76.